The fraction of sp³-hybridized carbons (Fsp3) is 0.176. The summed E-state index contributed by atoms with van der Waals surface area (Å²) in [6, 6.07) is 11.0. The number of amides is 1. The Kier molecular flexibility index (Phi) is 3.85. The van der Waals surface area contributed by atoms with Gasteiger partial charge in [0.05, 0.1) is 16.7 Å². The molecule has 5 nitrogen and oxygen atoms in total. The monoisotopic (exact) mass is 373 g/mol. The number of anilines is 1. The van der Waals surface area contributed by atoms with E-state index in [-0.39, 0.29) is 11.6 Å². The standard InChI is InChI=1S/C17H16BrN3O2/c1-10-5-4-6-11(7-10)16(22)19-13-9-15-14(8-12(13)18)20(2)17(23)21(15)3/h4-9H,1-3H3,(H,19,22). The van der Waals surface area contributed by atoms with Crippen LogP contribution in [0.15, 0.2) is 45.7 Å². The molecular formula is C17H16BrN3O2. The number of aromatic nitrogens is 2. The van der Waals surface area contributed by atoms with Crippen LogP contribution in [0.2, 0.25) is 0 Å². The van der Waals surface area contributed by atoms with Crippen molar-refractivity contribution in [2.45, 2.75) is 6.92 Å². The minimum absolute atomic E-state index is 0.103. The highest BCUT2D eigenvalue weighted by Crippen LogP contribution is 2.28. The molecule has 6 heteroatoms. The van der Waals surface area contributed by atoms with Crippen LogP contribution < -0.4 is 11.0 Å². The molecule has 2 aromatic carbocycles. The third-order valence-electron chi connectivity index (χ3n) is 3.89. The zero-order chi connectivity index (χ0) is 16.7. The van der Waals surface area contributed by atoms with Crippen LogP contribution in [0.5, 0.6) is 0 Å². The van der Waals surface area contributed by atoms with E-state index in [1.807, 2.05) is 31.2 Å². The van der Waals surface area contributed by atoms with E-state index in [4.69, 9.17) is 0 Å². The molecule has 3 rings (SSSR count). The van der Waals surface area contributed by atoms with Crippen molar-refractivity contribution in [3.8, 4) is 0 Å². The van der Waals surface area contributed by atoms with Gasteiger partial charge in [0.25, 0.3) is 5.91 Å². The largest absolute Gasteiger partial charge is 0.328 e. The van der Waals surface area contributed by atoms with E-state index >= 15 is 0 Å². The average Bonchev–Trinajstić information content (AvgIpc) is 2.72. The van der Waals surface area contributed by atoms with Gasteiger partial charge in [-0.05, 0) is 47.1 Å². The predicted octanol–water partition coefficient (Wildman–Crippen LogP) is 3.20. The Balaban J connectivity index is 2.03. The molecular weight excluding hydrogens is 358 g/mol. The zero-order valence-corrected chi connectivity index (χ0v) is 14.6. The van der Waals surface area contributed by atoms with Crippen LogP contribution in [-0.4, -0.2) is 15.0 Å². The number of carbonyl (C=O) groups excluding carboxylic acids is 1. The zero-order valence-electron chi connectivity index (χ0n) is 13.1. The molecule has 0 aliphatic heterocycles. The summed E-state index contributed by atoms with van der Waals surface area (Å²) in [5, 5.41) is 2.89. The number of fused-ring (bicyclic) bond motifs is 1. The van der Waals surface area contributed by atoms with E-state index in [0.717, 1.165) is 21.1 Å². The molecule has 0 radical (unpaired) electrons. The van der Waals surface area contributed by atoms with Crippen LogP contribution in [0, 0.1) is 6.92 Å². The van der Waals surface area contributed by atoms with Gasteiger partial charge in [0.2, 0.25) is 0 Å². The Morgan fingerprint density at radius 2 is 1.74 bits per heavy atom. The highest BCUT2D eigenvalue weighted by molar-refractivity contribution is 9.10. The second-order valence-electron chi connectivity index (χ2n) is 5.54. The number of hydrogen-bond acceptors (Lipinski definition) is 2. The summed E-state index contributed by atoms with van der Waals surface area (Å²) in [6.07, 6.45) is 0. The number of aryl methyl sites for hydroxylation is 3. The number of carbonyl (C=O) groups is 1. The maximum absolute atomic E-state index is 12.4. The third-order valence-corrected chi connectivity index (χ3v) is 4.55. The number of nitrogens with zero attached hydrogens (tertiary/aromatic N) is 2. The number of imidazole rings is 1. The Morgan fingerprint density at radius 3 is 2.39 bits per heavy atom. The normalized spacial score (nSPS) is 11.0. The predicted molar refractivity (Wildman–Crippen MR) is 95.0 cm³/mol. The van der Waals surface area contributed by atoms with Crippen molar-refractivity contribution in [2.24, 2.45) is 14.1 Å². The minimum Gasteiger partial charge on any atom is -0.321 e. The highest BCUT2D eigenvalue weighted by atomic mass is 79.9. The molecule has 0 atom stereocenters. The van der Waals surface area contributed by atoms with Crippen LogP contribution in [0.3, 0.4) is 0 Å². The van der Waals surface area contributed by atoms with Gasteiger partial charge in [0, 0.05) is 24.1 Å². The Morgan fingerprint density at radius 1 is 1.09 bits per heavy atom. The molecule has 1 N–H and O–H groups in total. The maximum Gasteiger partial charge on any atom is 0.328 e. The topological polar surface area (TPSA) is 56.0 Å². The van der Waals surface area contributed by atoms with Crippen LogP contribution in [0.4, 0.5) is 5.69 Å². The lowest BCUT2D eigenvalue weighted by Crippen LogP contribution is -2.19. The lowest BCUT2D eigenvalue weighted by molar-refractivity contribution is 0.102. The van der Waals surface area contributed by atoms with Crippen molar-refractivity contribution < 1.29 is 4.79 Å². The van der Waals surface area contributed by atoms with E-state index < -0.39 is 0 Å². The highest BCUT2D eigenvalue weighted by Gasteiger charge is 2.14. The first-order valence-electron chi connectivity index (χ1n) is 7.11. The number of rotatable bonds is 2. The van der Waals surface area contributed by atoms with Crippen molar-refractivity contribution in [3.63, 3.8) is 0 Å². The molecule has 3 aromatic rings. The summed E-state index contributed by atoms with van der Waals surface area (Å²) in [7, 11) is 3.44. The lowest BCUT2D eigenvalue weighted by Gasteiger charge is -2.09. The molecule has 1 aromatic heterocycles. The molecule has 0 aliphatic rings. The molecule has 1 heterocycles. The Bertz CT molecular complexity index is 985. The van der Waals surface area contributed by atoms with Crippen molar-refractivity contribution in [1.29, 1.82) is 0 Å². The summed E-state index contributed by atoms with van der Waals surface area (Å²) >= 11 is 3.46. The number of halogens is 1. The van der Waals surface area contributed by atoms with E-state index in [2.05, 4.69) is 21.2 Å². The Labute approximate surface area is 141 Å². The van der Waals surface area contributed by atoms with Crippen molar-refractivity contribution >= 4 is 38.6 Å². The van der Waals surface area contributed by atoms with Gasteiger partial charge in [-0.25, -0.2) is 4.79 Å². The first kappa shape index (κ1) is 15.6. The van der Waals surface area contributed by atoms with Gasteiger partial charge >= 0.3 is 5.69 Å². The molecule has 0 fully saturated rings. The van der Waals surface area contributed by atoms with Crippen LogP contribution in [-0.2, 0) is 14.1 Å². The summed E-state index contributed by atoms with van der Waals surface area (Å²) in [4.78, 5) is 24.4. The smallest absolute Gasteiger partial charge is 0.321 e. The van der Waals surface area contributed by atoms with E-state index in [1.54, 1.807) is 35.4 Å². The fourth-order valence-electron chi connectivity index (χ4n) is 2.60. The van der Waals surface area contributed by atoms with Crippen molar-refractivity contribution in [3.05, 3.63) is 62.5 Å². The first-order valence-corrected chi connectivity index (χ1v) is 7.91. The molecule has 0 bridgehead atoms. The third kappa shape index (κ3) is 2.70. The minimum atomic E-state index is -0.185. The molecule has 0 aliphatic carbocycles. The lowest BCUT2D eigenvalue weighted by atomic mass is 10.1. The fourth-order valence-corrected chi connectivity index (χ4v) is 3.03. The van der Waals surface area contributed by atoms with Gasteiger partial charge in [-0.1, -0.05) is 17.7 Å². The van der Waals surface area contributed by atoms with E-state index in [9.17, 15) is 9.59 Å². The molecule has 0 saturated carbocycles. The average molecular weight is 374 g/mol. The second-order valence-corrected chi connectivity index (χ2v) is 6.40. The molecule has 0 unspecified atom stereocenters. The van der Waals surface area contributed by atoms with Crippen LogP contribution >= 0.6 is 15.9 Å². The maximum atomic E-state index is 12.4. The SMILES string of the molecule is Cc1cccc(C(=O)Nc2cc3c(cc2Br)n(C)c(=O)n3C)c1. The molecule has 0 saturated heterocycles. The summed E-state index contributed by atoms with van der Waals surface area (Å²) in [6.45, 7) is 1.94. The molecule has 0 spiro atoms. The van der Waals surface area contributed by atoms with E-state index in [0.29, 0.717) is 11.3 Å². The second kappa shape index (κ2) is 5.70. The quantitative estimate of drug-likeness (QED) is 0.749. The van der Waals surface area contributed by atoms with Crippen molar-refractivity contribution in [2.75, 3.05) is 5.32 Å². The van der Waals surface area contributed by atoms with E-state index in [1.165, 1.54) is 0 Å². The van der Waals surface area contributed by atoms with Gasteiger partial charge in [-0.3, -0.25) is 13.9 Å². The van der Waals surface area contributed by atoms with Gasteiger partial charge in [-0.15, -0.1) is 0 Å². The van der Waals surface area contributed by atoms with Crippen LogP contribution in [0.1, 0.15) is 15.9 Å². The molecule has 118 valence electrons. The first-order chi connectivity index (χ1) is 10.9. The van der Waals surface area contributed by atoms with Gasteiger partial charge in [-0.2, -0.15) is 0 Å². The number of nitrogens with one attached hydrogen (secondary N) is 1. The van der Waals surface area contributed by atoms with Gasteiger partial charge in [0.1, 0.15) is 0 Å². The van der Waals surface area contributed by atoms with Crippen LogP contribution in [0.25, 0.3) is 11.0 Å². The number of benzene rings is 2. The van der Waals surface area contributed by atoms with Crippen molar-refractivity contribution in [1.82, 2.24) is 9.13 Å². The summed E-state index contributed by atoms with van der Waals surface area (Å²) in [5.74, 6) is -0.185. The summed E-state index contributed by atoms with van der Waals surface area (Å²) in [5.41, 5.74) is 3.72. The van der Waals surface area contributed by atoms with Gasteiger partial charge < -0.3 is 5.32 Å². The molecule has 23 heavy (non-hydrogen) atoms. The Hall–Kier alpha value is -2.34. The molecule has 1 amide bonds. The van der Waals surface area contributed by atoms with Gasteiger partial charge in [0.15, 0.2) is 0 Å². The summed E-state index contributed by atoms with van der Waals surface area (Å²) < 4.78 is 3.86. The number of hydrogen-bond donors (Lipinski definition) is 1.